The van der Waals surface area contributed by atoms with Crippen LogP contribution in [0.25, 0.3) is 11.0 Å². The minimum Gasteiger partial charge on any atom is -0.382 e. The number of hydrogen-bond acceptors (Lipinski definition) is 4. The van der Waals surface area contributed by atoms with Crippen molar-refractivity contribution in [3.8, 4) is 0 Å². The molecule has 5 heteroatoms. The molecular weight excluding hydrogens is 154 g/mol. The highest BCUT2D eigenvalue weighted by Gasteiger charge is 2.08. The van der Waals surface area contributed by atoms with Crippen molar-refractivity contribution < 1.29 is 0 Å². The smallest absolute Gasteiger partial charge is 0.155 e. The summed E-state index contributed by atoms with van der Waals surface area (Å²) >= 11 is 0. The minimum atomic E-state index is 0.434. The molecule has 62 valence electrons. The van der Waals surface area contributed by atoms with Crippen molar-refractivity contribution >= 4 is 16.9 Å². The molecule has 0 fully saturated rings. The van der Waals surface area contributed by atoms with Crippen molar-refractivity contribution in [1.82, 2.24) is 19.7 Å². The van der Waals surface area contributed by atoms with Crippen molar-refractivity contribution in [2.75, 3.05) is 5.73 Å². The van der Waals surface area contributed by atoms with E-state index in [1.54, 1.807) is 4.68 Å². The lowest BCUT2D eigenvalue weighted by molar-refractivity contribution is 0.750. The Kier molecular flexibility index (Phi) is 1.27. The maximum absolute atomic E-state index is 5.61. The van der Waals surface area contributed by atoms with Crippen LogP contribution in [0.4, 0.5) is 5.82 Å². The van der Waals surface area contributed by atoms with Gasteiger partial charge in [0.1, 0.15) is 11.8 Å². The first-order valence-electron chi connectivity index (χ1n) is 3.60. The number of nitrogens with two attached hydrogens (primary N) is 1. The fraction of sp³-hybridized carbons (Fsp3) is 0.286. The lowest BCUT2D eigenvalue weighted by Gasteiger charge is -1.90. The topological polar surface area (TPSA) is 69.6 Å². The molecule has 2 rings (SSSR count). The van der Waals surface area contributed by atoms with Crippen molar-refractivity contribution in [3.63, 3.8) is 0 Å². The Morgan fingerprint density at radius 2 is 2.08 bits per heavy atom. The summed E-state index contributed by atoms with van der Waals surface area (Å²) in [5.41, 5.74) is 8.11. The van der Waals surface area contributed by atoms with Gasteiger partial charge in [-0.3, -0.25) is 4.68 Å². The van der Waals surface area contributed by atoms with E-state index in [1.807, 2.05) is 14.0 Å². The van der Waals surface area contributed by atoms with Crippen LogP contribution < -0.4 is 5.73 Å². The summed E-state index contributed by atoms with van der Waals surface area (Å²) in [5, 5.41) is 4.18. The van der Waals surface area contributed by atoms with E-state index in [9.17, 15) is 0 Å². The first-order chi connectivity index (χ1) is 5.70. The van der Waals surface area contributed by atoms with Crippen LogP contribution in [0.5, 0.6) is 0 Å². The zero-order valence-corrected chi connectivity index (χ0v) is 6.94. The Bertz CT molecular complexity index is 431. The summed E-state index contributed by atoms with van der Waals surface area (Å²) in [6, 6.07) is 0. The molecule has 0 aliphatic carbocycles. The molecule has 0 aromatic carbocycles. The molecule has 0 saturated heterocycles. The van der Waals surface area contributed by atoms with Crippen LogP contribution in [-0.4, -0.2) is 19.7 Å². The molecule has 2 aromatic rings. The van der Waals surface area contributed by atoms with Gasteiger partial charge in [0, 0.05) is 7.05 Å². The fourth-order valence-corrected chi connectivity index (χ4v) is 1.13. The highest BCUT2D eigenvalue weighted by Crippen LogP contribution is 2.16. The molecule has 0 radical (unpaired) electrons. The molecule has 0 spiro atoms. The van der Waals surface area contributed by atoms with E-state index in [4.69, 9.17) is 5.73 Å². The summed E-state index contributed by atoms with van der Waals surface area (Å²) in [5.74, 6) is 0.434. The Labute approximate surface area is 69.2 Å². The first-order valence-corrected chi connectivity index (χ1v) is 3.60. The van der Waals surface area contributed by atoms with Gasteiger partial charge in [0.25, 0.3) is 0 Å². The largest absolute Gasteiger partial charge is 0.382 e. The second-order valence-electron chi connectivity index (χ2n) is 2.67. The van der Waals surface area contributed by atoms with Gasteiger partial charge in [0.05, 0.1) is 5.69 Å². The van der Waals surface area contributed by atoms with E-state index in [0.29, 0.717) is 11.3 Å². The van der Waals surface area contributed by atoms with Gasteiger partial charge in [-0.05, 0) is 6.92 Å². The summed E-state index contributed by atoms with van der Waals surface area (Å²) in [6.07, 6.45) is 1.45. The van der Waals surface area contributed by atoms with Crippen molar-refractivity contribution in [2.45, 2.75) is 6.92 Å². The molecule has 0 bridgehead atoms. The fourth-order valence-electron chi connectivity index (χ4n) is 1.13. The van der Waals surface area contributed by atoms with Crippen molar-refractivity contribution in [2.24, 2.45) is 7.05 Å². The number of aryl methyl sites for hydroxylation is 2. The lowest BCUT2D eigenvalue weighted by atomic mass is 10.3. The van der Waals surface area contributed by atoms with Crippen LogP contribution >= 0.6 is 0 Å². The quantitative estimate of drug-likeness (QED) is 0.604. The van der Waals surface area contributed by atoms with Crippen LogP contribution in [0.2, 0.25) is 0 Å². The minimum absolute atomic E-state index is 0.434. The predicted octanol–water partition coefficient (Wildman–Crippen LogP) is 0.254. The van der Waals surface area contributed by atoms with E-state index < -0.39 is 0 Å². The Balaban J connectivity index is 2.95. The van der Waals surface area contributed by atoms with Gasteiger partial charge >= 0.3 is 0 Å². The molecule has 0 aliphatic rings. The van der Waals surface area contributed by atoms with Crippen LogP contribution in [0.1, 0.15) is 5.69 Å². The van der Waals surface area contributed by atoms with Crippen LogP contribution in [0, 0.1) is 6.92 Å². The second-order valence-corrected chi connectivity index (χ2v) is 2.67. The molecule has 0 saturated carbocycles. The molecule has 0 amide bonds. The summed E-state index contributed by atoms with van der Waals surface area (Å²) in [6.45, 7) is 1.95. The zero-order valence-electron chi connectivity index (χ0n) is 6.94. The number of fused-ring (bicyclic) bond motifs is 1. The van der Waals surface area contributed by atoms with E-state index in [1.165, 1.54) is 6.33 Å². The summed E-state index contributed by atoms with van der Waals surface area (Å²) in [4.78, 5) is 7.94. The normalized spacial score (nSPS) is 10.8. The molecule has 0 aliphatic heterocycles. The van der Waals surface area contributed by atoms with Gasteiger partial charge in [-0.25, -0.2) is 9.97 Å². The highest BCUT2D eigenvalue weighted by atomic mass is 15.3. The summed E-state index contributed by atoms with van der Waals surface area (Å²) in [7, 11) is 1.86. The van der Waals surface area contributed by atoms with Crippen molar-refractivity contribution in [1.29, 1.82) is 0 Å². The van der Waals surface area contributed by atoms with Crippen LogP contribution in [-0.2, 0) is 7.05 Å². The molecular formula is C7H9N5. The maximum atomic E-state index is 5.61. The van der Waals surface area contributed by atoms with Gasteiger partial charge in [-0.2, -0.15) is 5.10 Å². The molecule has 12 heavy (non-hydrogen) atoms. The predicted molar refractivity (Wildman–Crippen MR) is 45.5 cm³/mol. The Morgan fingerprint density at radius 1 is 1.33 bits per heavy atom. The first kappa shape index (κ1) is 7.02. The third kappa shape index (κ3) is 0.761. The van der Waals surface area contributed by atoms with Crippen LogP contribution in [0.3, 0.4) is 0 Å². The number of nitrogens with zero attached hydrogens (tertiary/aromatic N) is 4. The molecule has 2 N–H and O–H groups in total. The third-order valence-corrected chi connectivity index (χ3v) is 1.93. The second kappa shape index (κ2) is 2.17. The molecule has 2 aromatic heterocycles. The van der Waals surface area contributed by atoms with Gasteiger partial charge in [0.2, 0.25) is 0 Å². The van der Waals surface area contributed by atoms with E-state index in [-0.39, 0.29) is 0 Å². The molecule has 5 nitrogen and oxygen atoms in total. The van der Waals surface area contributed by atoms with Gasteiger partial charge < -0.3 is 5.73 Å². The monoisotopic (exact) mass is 163 g/mol. The van der Waals surface area contributed by atoms with E-state index in [0.717, 1.165) is 11.2 Å². The average Bonchev–Trinajstić information content (AvgIpc) is 2.32. The standard InChI is InChI=1S/C7H9N5/c1-4-5-6(11-12(4)2)7(8)10-3-9-5/h3H,1-2H3,(H2,8,9,10). The average molecular weight is 163 g/mol. The Morgan fingerprint density at radius 3 is 2.75 bits per heavy atom. The van der Waals surface area contributed by atoms with Gasteiger partial charge in [0.15, 0.2) is 11.3 Å². The van der Waals surface area contributed by atoms with Crippen LogP contribution in [0.15, 0.2) is 6.33 Å². The lowest BCUT2D eigenvalue weighted by Crippen LogP contribution is -1.93. The SMILES string of the molecule is Cc1c2ncnc(N)c2nn1C. The maximum Gasteiger partial charge on any atom is 0.155 e. The summed E-state index contributed by atoms with van der Waals surface area (Å²) < 4.78 is 1.75. The number of nitrogen functional groups attached to an aromatic ring is 1. The van der Waals surface area contributed by atoms with Gasteiger partial charge in [-0.15, -0.1) is 0 Å². The molecule has 0 atom stereocenters. The number of anilines is 1. The Hall–Kier alpha value is -1.65. The van der Waals surface area contributed by atoms with Crippen molar-refractivity contribution in [3.05, 3.63) is 12.0 Å². The number of aromatic nitrogens is 4. The highest BCUT2D eigenvalue weighted by molar-refractivity contribution is 5.85. The van der Waals surface area contributed by atoms with Gasteiger partial charge in [-0.1, -0.05) is 0 Å². The number of rotatable bonds is 0. The molecule has 2 heterocycles. The van der Waals surface area contributed by atoms with E-state index in [2.05, 4.69) is 15.1 Å². The molecule has 0 unspecified atom stereocenters. The number of hydrogen-bond donors (Lipinski definition) is 1. The van der Waals surface area contributed by atoms with E-state index >= 15 is 0 Å². The third-order valence-electron chi connectivity index (χ3n) is 1.93. The zero-order chi connectivity index (χ0) is 8.72.